The highest BCUT2D eigenvalue weighted by molar-refractivity contribution is 6.07. The summed E-state index contributed by atoms with van der Waals surface area (Å²) in [7, 11) is 3.17. The monoisotopic (exact) mass is 407 g/mol. The first kappa shape index (κ1) is 19.3. The molecule has 154 valence electrons. The number of aromatic nitrogens is 7. The van der Waals surface area contributed by atoms with E-state index in [9.17, 15) is 9.59 Å². The first-order valence-electron chi connectivity index (χ1n) is 9.37. The predicted molar refractivity (Wildman–Crippen MR) is 109 cm³/mol. The lowest BCUT2D eigenvalue weighted by molar-refractivity contribution is 0.0958. The lowest BCUT2D eigenvalue weighted by Gasteiger charge is -2.05. The molecule has 0 fully saturated rings. The summed E-state index contributed by atoms with van der Waals surface area (Å²) >= 11 is 0. The van der Waals surface area contributed by atoms with Crippen LogP contribution in [0.4, 0.5) is 5.69 Å². The van der Waals surface area contributed by atoms with E-state index in [2.05, 4.69) is 30.9 Å². The van der Waals surface area contributed by atoms with Crippen molar-refractivity contribution < 1.29 is 9.59 Å². The molecule has 4 heterocycles. The molecule has 0 aliphatic heterocycles. The van der Waals surface area contributed by atoms with Gasteiger partial charge in [0, 0.05) is 50.4 Å². The fraction of sp³-hybridized carbons (Fsp3) is 0.263. The van der Waals surface area contributed by atoms with Crippen molar-refractivity contribution in [3.8, 4) is 11.3 Å². The third kappa shape index (κ3) is 3.19. The van der Waals surface area contributed by atoms with Crippen molar-refractivity contribution in [1.29, 1.82) is 0 Å². The lowest BCUT2D eigenvalue weighted by atomic mass is 10.2. The quantitative estimate of drug-likeness (QED) is 0.513. The molecular weight excluding hydrogens is 386 g/mol. The number of anilines is 1. The van der Waals surface area contributed by atoms with Crippen LogP contribution in [-0.4, -0.2) is 53.0 Å². The molecule has 2 amide bonds. The molecule has 4 aromatic heterocycles. The van der Waals surface area contributed by atoms with E-state index in [-0.39, 0.29) is 11.4 Å². The highest BCUT2D eigenvalue weighted by Crippen LogP contribution is 2.24. The number of nitrogens with zero attached hydrogens (tertiary/aromatic N) is 7. The first-order chi connectivity index (χ1) is 14.4. The Hall–Kier alpha value is -4.02. The summed E-state index contributed by atoms with van der Waals surface area (Å²) in [5.74, 6) is -0.862. The van der Waals surface area contributed by atoms with Crippen LogP contribution >= 0.6 is 0 Å². The lowest BCUT2D eigenvalue weighted by Crippen LogP contribution is -2.21. The number of amides is 2. The summed E-state index contributed by atoms with van der Waals surface area (Å²) in [6, 6.07) is 3.42. The summed E-state index contributed by atoms with van der Waals surface area (Å²) in [5, 5.41) is 18.1. The number of hydrogen-bond donors (Lipinski definition) is 2. The van der Waals surface area contributed by atoms with E-state index in [1.807, 2.05) is 24.6 Å². The van der Waals surface area contributed by atoms with E-state index in [1.54, 1.807) is 36.2 Å². The molecule has 0 saturated carbocycles. The van der Waals surface area contributed by atoms with Gasteiger partial charge in [0.1, 0.15) is 0 Å². The van der Waals surface area contributed by atoms with Gasteiger partial charge in [0.15, 0.2) is 17.0 Å². The van der Waals surface area contributed by atoms with Crippen LogP contribution in [0.25, 0.3) is 16.9 Å². The van der Waals surface area contributed by atoms with Crippen molar-refractivity contribution in [1.82, 2.24) is 39.5 Å². The minimum atomic E-state index is -0.467. The molecule has 0 atom stereocenters. The average molecular weight is 407 g/mol. The molecule has 0 aromatic carbocycles. The van der Waals surface area contributed by atoms with Crippen molar-refractivity contribution in [2.24, 2.45) is 7.05 Å². The Bertz CT molecular complexity index is 1260. The number of rotatable bonds is 5. The number of fused-ring (bicyclic) bond motifs is 1. The zero-order valence-electron chi connectivity index (χ0n) is 17.0. The van der Waals surface area contributed by atoms with Crippen LogP contribution in [0.5, 0.6) is 0 Å². The smallest absolute Gasteiger partial charge is 0.276 e. The van der Waals surface area contributed by atoms with E-state index >= 15 is 0 Å². The van der Waals surface area contributed by atoms with Crippen LogP contribution in [0.1, 0.15) is 33.6 Å². The van der Waals surface area contributed by atoms with Gasteiger partial charge in [-0.3, -0.25) is 19.0 Å². The Kier molecular flexibility index (Phi) is 4.78. The maximum absolute atomic E-state index is 12.8. The molecule has 11 heteroatoms. The van der Waals surface area contributed by atoms with Gasteiger partial charge in [-0.05, 0) is 19.9 Å². The zero-order valence-corrected chi connectivity index (χ0v) is 17.0. The second kappa shape index (κ2) is 7.43. The number of carbonyl (C=O) groups excluding carboxylic acids is 2. The van der Waals surface area contributed by atoms with Crippen LogP contribution in [-0.2, 0) is 13.6 Å². The molecule has 0 aliphatic carbocycles. The van der Waals surface area contributed by atoms with Crippen LogP contribution < -0.4 is 10.6 Å². The topological polar surface area (TPSA) is 124 Å². The van der Waals surface area contributed by atoms with Crippen LogP contribution in [0.15, 0.2) is 30.7 Å². The summed E-state index contributed by atoms with van der Waals surface area (Å²) in [6.07, 6.45) is 5.01. The summed E-state index contributed by atoms with van der Waals surface area (Å²) in [6.45, 7) is 4.76. The van der Waals surface area contributed by atoms with Gasteiger partial charge in [-0.2, -0.15) is 15.3 Å². The molecule has 0 saturated heterocycles. The molecule has 30 heavy (non-hydrogen) atoms. The standard InChI is InChI=1S/C19H21N9O2/c1-5-27-11(2)12(9-22-27)15-6-7-21-16-8-13(24-28(15)16)18(29)23-14-10-26(4)25-17(14)19(30)20-3/h6-10H,5H2,1-4H3,(H,20,30)(H,23,29). The van der Waals surface area contributed by atoms with Gasteiger partial charge in [-0.15, -0.1) is 0 Å². The normalized spacial score (nSPS) is 11.1. The molecule has 11 nitrogen and oxygen atoms in total. The molecule has 0 bridgehead atoms. The van der Waals surface area contributed by atoms with Crippen molar-refractivity contribution in [3.63, 3.8) is 0 Å². The summed E-state index contributed by atoms with van der Waals surface area (Å²) in [5.41, 5.74) is 3.81. The van der Waals surface area contributed by atoms with Gasteiger partial charge < -0.3 is 10.6 Å². The Labute approximate surface area is 171 Å². The third-order valence-corrected chi connectivity index (χ3v) is 4.79. The van der Waals surface area contributed by atoms with Gasteiger partial charge in [-0.1, -0.05) is 0 Å². The number of aryl methyl sites for hydroxylation is 2. The highest BCUT2D eigenvalue weighted by Gasteiger charge is 2.20. The van der Waals surface area contributed by atoms with Gasteiger partial charge in [0.25, 0.3) is 11.8 Å². The molecule has 0 unspecified atom stereocenters. The maximum atomic E-state index is 12.8. The van der Waals surface area contributed by atoms with E-state index in [1.165, 1.54) is 11.7 Å². The van der Waals surface area contributed by atoms with Crippen molar-refractivity contribution in [2.75, 3.05) is 12.4 Å². The fourth-order valence-electron chi connectivity index (χ4n) is 3.28. The van der Waals surface area contributed by atoms with Gasteiger partial charge >= 0.3 is 0 Å². The molecule has 0 aliphatic rings. The van der Waals surface area contributed by atoms with E-state index in [4.69, 9.17) is 0 Å². The highest BCUT2D eigenvalue weighted by atomic mass is 16.2. The molecule has 4 aromatic rings. The largest absolute Gasteiger partial charge is 0.354 e. The molecular formula is C19H21N9O2. The third-order valence-electron chi connectivity index (χ3n) is 4.79. The average Bonchev–Trinajstić information content (AvgIpc) is 3.43. The molecule has 0 radical (unpaired) electrons. The maximum Gasteiger partial charge on any atom is 0.276 e. The number of nitrogens with one attached hydrogen (secondary N) is 2. The first-order valence-corrected chi connectivity index (χ1v) is 9.37. The van der Waals surface area contributed by atoms with Crippen LogP contribution in [0.2, 0.25) is 0 Å². The van der Waals surface area contributed by atoms with Gasteiger partial charge in [-0.25, -0.2) is 9.50 Å². The summed E-state index contributed by atoms with van der Waals surface area (Å²) < 4.78 is 4.96. The Morgan fingerprint density at radius 1 is 1.20 bits per heavy atom. The minimum Gasteiger partial charge on any atom is -0.354 e. The Morgan fingerprint density at radius 3 is 2.70 bits per heavy atom. The SMILES string of the molecule is CCn1ncc(-c2ccnc3cc(C(=O)Nc4cn(C)nc4C(=O)NC)nn23)c1C. The zero-order chi connectivity index (χ0) is 21.4. The van der Waals surface area contributed by atoms with E-state index in [0.29, 0.717) is 11.3 Å². The summed E-state index contributed by atoms with van der Waals surface area (Å²) in [4.78, 5) is 29.1. The molecule has 4 rings (SSSR count). The van der Waals surface area contributed by atoms with Crippen molar-refractivity contribution >= 4 is 23.1 Å². The number of carbonyl (C=O) groups is 2. The van der Waals surface area contributed by atoms with Gasteiger partial charge in [0.05, 0.1) is 17.6 Å². The second-order valence-corrected chi connectivity index (χ2v) is 6.69. The second-order valence-electron chi connectivity index (χ2n) is 6.69. The van der Waals surface area contributed by atoms with Crippen molar-refractivity contribution in [2.45, 2.75) is 20.4 Å². The van der Waals surface area contributed by atoms with Crippen molar-refractivity contribution in [3.05, 3.63) is 47.8 Å². The molecule has 0 spiro atoms. The Morgan fingerprint density at radius 2 is 2.00 bits per heavy atom. The van der Waals surface area contributed by atoms with E-state index in [0.717, 1.165) is 23.5 Å². The predicted octanol–water partition coefficient (Wildman–Crippen LogP) is 1.27. The fourth-order valence-corrected chi connectivity index (χ4v) is 3.28. The number of hydrogen-bond acceptors (Lipinski definition) is 6. The van der Waals surface area contributed by atoms with Crippen LogP contribution in [0.3, 0.4) is 0 Å². The Balaban J connectivity index is 1.70. The minimum absolute atomic E-state index is 0.124. The van der Waals surface area contributed by atoms with Crippen LogP contribution in [0, 0.1) is 6.92 Å². The molecule has 2 N–H and O–H groups in total. The van der Waals surface area contributed by atoms with E-state index < -0.39 is 11.8 Å². The van der Waals surface area contributed by atoms with Gasteiger partial charge in [0.2, 0.25) is 0 Å².